The summed E-state index contributed by atoms with van der Waals surface area (Å²) in [6, 6.07) is 2.87. The molecule has 2 atom stereocenters. The van der Waals surface area contributed by atoms with Crippen LogP contribution >= 0.6 is 11.3 Å². The van der Waals surface area contributed by atoms with Crippen molar-refractivity contribution < 1.29 is 18.3 Å². The number of rotatable bonds is 3. The van der Waals surface area contributed by atoms with Crippen molar-refractivity contribution in [3.05, 3.63) is 17.0 Å². The number of fused-ring (bicyclic) bond motifs is 2. The number of carboxylic acid groups (broad SMARTS) is 1. The first-order valence-corrected chi connectivity index (χ1v) is 8.09. The molecule has 2 bridgehead atoms. The zero-order chi connectivity index (χ0) is 12.9. The summed E-state index contributed by atoms with van der Waals surface area (Å²) >= 11 is 0.833. The molecule has 1 N–H and O–H groups in total. The van der Waals surface area contributed by atoms with Crippen LogP contribution in [0.25, 0.3) is 0 Å². The van der Waals surface area contributed by atoms with Crippen LogP contribution in [-0.2, 0) is 10.0 Å². The molecule has 1 aliphatic heterocycles. The summed E-state index contributed by atoms with van der Waals surface area (Å²) in [5.41, 5.74) is 0. The second-order valence-electron chi connectivity index (χ2n) is 4.83. The summed E-state index contributed by atoms with van der Waals surface area (Å²) < 4.78 is 26.5. The van der Waals surface area contributed by atoms with Crippen LogP contribution in [0.15, 0.2) is 16.3 Å². The minimum absolute atomic E-state index is 0.0675. The van der Waals surface area contributed by atoms with E-state index < -0.39 is 16.0 Å². The highest BCUT2D eigenvalue weighted by Crippen LogP contribution is 2.41. The van der Waals surface area contributed by atoms with Crippen molar-refractivity contribution in [2.75, 3.05) is 6.54 Å². The number of piperidine rings is 1. The van der Waals surface area contributed by atoms with Gasteiger partial charge in [0.25, 0.3) is 10.0 Å². The van der Waals surface area contributed by atoms with E-state index in [0.717, 1.165) is 30.6 Å². The number of sulfonamides is 1. The number of carboxylic acids is 1. The van der Waals surface area contributed by atoms with Gasteiger partial charge in [-0.3, -0.25) is 0 Å². The summed E-state index contributed by atoms with van der Waals surface area (Å²) in [6.45, 7) is 0.591. The SMILES string of the molecule is O=C(O)c1ccc(S(=O)(=O)N2CC3CCC2C3)s1. The van der Waals surface area contributed by atoms with Gasteiger partial charge < -0.3 is 5.11 Å². The maximum atomic E-state index is 12.4. The van der Waals surface area contributed by atoms with Gasteiger partial charge in [0.2, 0.25) is 0 Å². The quantitative estimate of drug-likeness (QED) is 0.916. The monoisotopic (exact) mass is 287 g/mol. The van der Waals surface area contributed by atoms with Crippen LogP contribution in [-0.4, -0.2) is 36.4 Å². The molecule has 0 radical (unpaired) electrons. The average Bonchev–Trinajstić information content (AvgIpc) is 3.04. The fraction of sp³-hybridized carbons (Fsp3) is 0.545. The normalized spacial score (nSPS) is 27.8. The van der Waals surface area contributed by atoms with E-state index in [1.807, 2.05) is 0 Å². The van der Waals surface area contributed by atoms with E-state index in [-0.39, 0.29) is 15.1 Å². The molecular formula is C11H13NO4S2. The average molecular weight is 287 g/mol. The predicted molar refractivity (Wildman–Crippen MR) is 66.3 cm³/mol. The lowest BCUT2D eigenvalue weighted by molar-refractivity contribution is 0.0702. The molecule has 1 aromatic heterocycles. The van der Waals surface area contributed by atoms with E-state index >= 15 is 0 Å². The number of thiophene rings is 1. The van der Waals surface area contributed by atoms with Crippen LogP contribution in [0.5, 0.6) is 0 Å². The van der Waals surface area contributed by atoms with Crippen LogP contribution in [0.4, 0.5) is 0 Å². The Labute approximate surface area is 109 Å². The smallest absolute Gasteiger partial charge is 0.345 e. The molecule has 0 spiro atoms. The molecule has 2 aliphatic rings. The lowest BCUT2D eigenvalue weighted by Crippen LogP contribution is -2.37. The third-order valence-electron chi connectivity index (χ3n) is 3.71. The van der Waals surface area contributed by atoms with Gasteiger partial charge in [0, 0.05) is 12.6 Å². The minimum Gasteiger partial charge on any atom is -0.477 e. The Morgan fingerprint density at radius 3 is 2.67 bits per heavy atom. The van der Waals surface area contributed by atoms with Crippen molar-refractivity contribution in [1.82, 2.24) is 4.31 Å². The molecular weight excluding hydrogens is 274 g/mol. The fourth-order valence-corrected chi connectivity index (χ4v) is 5.88. The van der Waals surface area contributed by atoms with E-state index in [4.69, 9.17) is 5.11 Å². The Bertz CT molecular complexity index is 592. The topological polar surface area (TPSA) is 74.7 Å². The number of aromatic carboxylic acids is 1. The number of nitrogens with zero attached hydrogens (tertiary/aromatic N) is 1. The van der Waals surface area contributed by atoms with E-state index in [1.165, 1.54) is 12.1 Å². The molecule has 1 aliphatic carbocycles. The highest BCUT2D eigenvalue weighted by atomic mass is 32.2. The van der Waals surface area contributed by atoms with Crippen molar-refractivity contribution in [3.63, 3.8) is 0 Å². The van der Waals surface area contributed by atoms with Gasteiger partial charge in [-0.2, -0.15) is 4.31 Å². The van der Waals surface area contributed by atoms with Crippen molar-refractivity contribution >= 4 is 27.3 Å². The Hall–Kier alpha value is -0.920. The zero-order valence-electron chi connectivity index (χ0n) is 9.57. The largest absolute Gasteiger partial charge is 0.477 e. The van der Waals surface area contributed by atoms with Gasteiger partial charge >= 0.3 is 5.97 Å². The van der Waals surface area contributed by atoms with Gasteiger partial charge in [0.15, 0.2) is 0 Å². The molecule has 1 aromatic rings. The van der Waals surface area contributed by atoms with Gasteiger partial charge in [-0.05, 0) is 37.3 Å². The van der Waals surface area contributed by atoms with Crippen LogP contribution < -0.4 is 0 Å². The Balaban J connectivity index is 1.92. The van der Waals surface area contributed by atoms with E-state index in [1.54, 1.807) is 4.31 Å². The molecule has 1 saturated carbocycles. The maximum Gasteiger partial charge on any atom is 0.345 e. The van der Waals surface area contributed by atoms with Gasteiger partial charge in [-0.1, -0.05) is 0 Å². The van der Waals surface area contributed by atoms with Gasteiger partial charge in [0.1, 0.15) is 9.09 Å². The zero-order valence-corrected chi connectivity index (χ0v) is 11.2. The number of carbonyl (C=O) groups is 1. The highest BCUT2D eigenvalue weighted by molar-refractivity contribution is 7.91. The summed E-state index contributed by atoms with van der Waals surface area (Å²) in [7, 11) is -3.49. The molecule has 2 unspecified atom stereocenters. The molecule has 1 saturated heterocycles. The van der Waals surface area contributed by atoms with Crippen LogP contribution in [0, 0.1) is 5.92 Å². The van der Waals surface area contributed by atoms with E-state index in [9.17, 15) is 13.2 Å². The van der Waals surface area contributed by atoms with Crippen LogP contribution in [0.3, 0.4) is 0 Å². The predicted octanol–water partition coefficient (Wildman–Crippen LogP) is 1.62. The first kappa shape index (κ1) is 12.1. The summed E-state index contributed by atoms with van der Waals surface area (Å²) in [6.07, 6.45) is 3.00. The Morgan fingerprint density at radius 1 is 1.39 bits per heavy atom. The molecule has 0 aromatic carbocycles. The van der Waals surface area contributed by atoms with Crippen molar-refractivity contribution in [1.29, 1.82) is 0 Å². The summed E-state index contributed by atoms with van der Waals surface area (Å²) in [5.74, 6) is -0.590. The van der Waals surface area contributed by atoms with Gasteiger partial charge in [-0.15, -0.1) is 11.3 Å². The van der Waals surface area contributed by atoms with Crippen LogP contribution in [0.2, 0.25) is 0 Å². The maximum absolute atomic E-state index is 12.4. The lowest BCUT2D eigenvalue weighted by Gasteiger charge is -2.25. The van der Waals surface area contributed by atoms with Crippen molar-refractivity contribution in [3.8, 4) is 0 Å². The first-order valence-electron chi connectivity index (χ1n) is 5.83. The molecule has 0 amide bonds. The van der Waals surface area contributed by atoms with Crippen molar-refractivity contribution in [2.24, 2.45) is 5.92 Å². The standard InChI is InChI=1S/C11H13NO4S2/c13-11(14)9-3-4-10(17-9)18(15,16)12-6-7-1-2-8(12)5-7/h3-4,7-8H,1-2,5-6H2,(H,13,14). The summed E-state index contributed by atoms with van der Waals surface area (Å²) in [5, 5.41) is 8.84. The molecule has 2 heterocycles. The summed E-state index contributed by atoms with van der Waals surface area (Å²) in [4.78, 5) is 10.9. The molecule has 98 valence electrons. The third kappa shape index (κ3) is 1.77. The minimum atomic E-state index is -3.49. The van der Waals surface area contributed by atoms with Gasteiger partial charge in [-0.25, -0.2) is 13.2 Å². The van der Waals surface area contributed by atoms with Crippen molar-refractivity contribution in [2.45, 2.75) is 29.5 Å². The fourth-order valence-electron chi connectivity index (χ4n) is 2.86. The second-order valence-corrected chi connectivity index (χ2v) is 8.03. The third-order valence-corrected chi connectivity index (χ3v) is 7.17. The molecule has 2 fully saturated rings. The number of hydrogen-bond acceptors (Lipinski definition) is 4. The second kappa shape index (κ2) is 4.04. The van der Waals surface area contributed by atoms with Crippen LogP contribution in [0.1, 0.15) is 28.9 Å². The highest BCUT2D eigenvalue weighted by Gasteiger charge is 2.44. The molecule has 5 nitrogen and oxygen atoms in total. The Morgan fingerprint density at radius 2 is 2.17 bits per heavy atom. The number of hydrogen-bond donors (Lipinski definition) is 1. The Kier molecular flexibility index (Phi) is 2.72. The van der Waals surface area contributed by atoms with E-state index in [2.05, 4.69) is 0 Å². The molecule has 7 heteroatoms. The first-order chi connectivity index (χ1) is 8.48. The molecule has 18 heavy (non-hydrogen) atoms. The lowest BCUT2D eigenvalue weighted by atomic mass is 10.1. The van der Waals surface area contributed by atoms with E-state index in [0.29, 0.717) is 12.5 Å². The van der Waals surface area contributed by atoms with Gasteiger partial charge in [0.05, 0.1) is 0 Å². The molecule has 3 rings (SSSR count).